The minimum absolute atomic E-state index is 0.117. The molecule has 0 saturated carbocycles. The van der Waals surface area contributed by atoms with E-state index in [0.717, 1.165) is 16.8 Å². The van der Waals surface area contributed by atoms with Crippen LogP contribution in [0.2, 0.25) is 5.02 Å². The number of alkyl halides is 3. The van der Waals surface area contributed by atoms with E-state index in [1.54, 1.807) is 36.0 Å². The van der Waals surface area contributed by atoms with Crippen molar-refractivity contribution in [2.75, 3.05) is 5.32 Å². The van der Waals surface area contributed by atoms with E-state index >= 15 is 0 Å². The normalized spacial score (nSPS) is 11.6. The minimum atomic E-state index is -4.55. The van der Waals surface area contributed by atoms with Gasteiger partial charge >= 0.3 is 6.18 Å². The van der Waals surface area contributed by atoms with Gasteiger partial charge in [-0.2, -0.15) is 23.0 Å². The Bertz CT molecular complexity index is 1360. The van der Waals surface area contributed by atoms with E-state index in [1.165, 1.54) is 12.3 Å². The Hall–Kier alpha value is -3.73. The molecular formula is C21H15ClF4N6O. The molecule has 0 amide bonds. The Labute approximate surface area is 189 Å². The highest BCUT2D eigenvalue weighted by Gasteiger charge is 2.30. The lowest BCUT2D eigenvalue weighted by Crippen LogP contribution is -2.23. The molecule has 33 heavy (non-hydrogen) atoms. The Kier molecular flexibility index (Phi) is 5.90. The van der Waals surface area contributed by atoms with E-state index in [-0.39, 0.29) is 23.1 Å². The number of aryl methyl sites for hydroxylation is 1. The maximum atomic E-state index is 14.6. The van der Waals surface area contributed by atoms with Gasteiger partial charge in [0.25, 0.3) is 5.56 Å². The van der Waals surface area contributed by atoms with Gasteiger partial charge in [0.05, 0.1) is 23.1 Å². The third-order valence-electron chi connectivity index (χ3n) is 4.79. The highest BCUT2D eigenvalue weighted by atomic mass is 35.5. The molecule has 0 spiro atoms. The summed E-state index contributed by atoms with van der Waals surface area (Å²) in [6.45, 7) is 1.90. The molecule has 0 fully saturated rings. The highest BCUT2D eigenvalue weighted by Crippen LogP contribution is 2.28. The predicted octanol–water partition coefficient (Wildman–Crippen LogP) is 4.55. The zero-order chi connectivity index (χ0) is 23.8. The van der Waals surface area contributed by atoms with Crippen molar-refractivity contribution in [3.63, 3.8) is 0 Å². The fraction of sp³-hybridized carbons (Fsp3) is 0.143. The third-order valence-corrected chi connectivity index (χ3v) is 5.16. The largest absolute Gasteiger partial charge is 0.417 e. The van der Waals surface area contributed by atoms with Crippen LogP contribution in [0.1, 0.15) is 17.0 Å². The highest BCUT2D eigenvalue weighted by molar-refractivity contribution is 6.32. The number of halogens is 5. The molecule has 0 aliphatic carbocycles. The summed E-state index contributed by atoms with van der Waals surface area (Å²) >= 11 is 6.13. The summed E-state index contributed by atoms with van der Waals surface area (Å²) in [6, 6.07) is 6.47. The monoisotopic (exact) mass is 478 g/mol. The zero-order valence-electron chi connectivity index (χ0n) is 16.9. The van der Waals surface area contributed by atoms with Crippen molar-refractivity contribution < 1.29 is 17.6 Å². The molecule has 170 valence electrons. The second kappa shape index (κ2) is 8.66. The second-order valence-corrected chi connectivity index (χ2v) is 7.35. The Balaban J connectivity index is 1.52. The summed E-state index contributed by atoms with van der Waals surface area (Å²) < 4.78 is 55.1. The molecule has 3 aromatic heterocycles. The Morgan fingerprint density at radius 1 is 1.12 bits per heavy atom. The Morgan fingerprint density at radius 3 is 2.52 bits per heavy atom. The van der Waals surface area contributed by atoms with Crippen LogP contribution in [0.5, 0.6) is 0 Å². The molecule has 3 heterocycles. The van der Waals surface area contributed by atoms with Crippen LogP contribution >= 0.6 is 11.6 Å². The standard InChI is InChI=1S/C21H15ClF4N6O/c1-12-27-6-7-31(12)17-4-2-13(8-15(17)23)9-28-16-11-30-32(20(33)19(16)22)18-5-3-14(10-29-18)21(24,25)26/h2-8,10-11,28H,9H2,1H3. The van der Waals surface area contributed by atoms with Gasteiger partial charge in [-0.1, -0.05) is 17.7 Å². The number of anilines is 1. The van der Waals surface area contributed by atoms with E-state index in [0.29, 0.717) is 23.3 Å². The molecule has 1 N–H and O–H groups in total. The predicted molar refractivity (Wildman–Crippen MR) is 113 cm³/mol. The second-order valence-electron chi connectivity index (χ2n) is 6.98. The molecule has 0 saturated heterocycles. The number of benzene rings is 1. The van der Waals surface area contributed by atoms with Gasteiger partial charge in [0.1, 0.15) is 16.7 Å². The van der Waals surface area contributed by atoms with Crippen LogP contribution in [-0.4, -0.2) is 24.3 Å². The van der Waals surface area contributed by atoms with Crippen LogP contribution in [-0.2, 0) is 12.7 Å². The molecular weight excluding hydrogens is 464 g/mol. The molecule has 7 nitrogen and oxygen atoms in total. The van der Waals surface area contributed by atoms with E-state index in [1.807, 2.05) is 0 Å². The maximum absolute atomic E-state index is 14.6. The molecule has 0 bridgehead atoms. The summed E-state index contributed by atoms with van der Waals surface area (Å²) in [5, 5.41) is 6.59. The average Bonchev–Trinajstić information content (AvgIpc) is 3.20. The van der Waals surface area contributed by atoms with Crippen LogP contribution in [0.25, 0.3) is 11.5 Å². The summed E-state index contributed by atoms with van der Waals surface area (Å²) in [5.41, 5.74) is -0.616. The smallest absolute Gasteiger partial charge is 0.378 e. The van der Waals surface area contributed by atoms with Crippen molar-refractivity contribution >= 4 is 17.3 Å². The molecule has 0 aliphatic rings. The lowest BCUT2D eigenvalue weighted by Gasteiger charge is -2.12. The van der Waals surface area contributed by atoms with Crippen LogP contribution in [0.15, 0.2) is 59.9 Å². The zero-order valence-corrected chi connectivity index (χ0v) is 17.7. The first kappa shape index (κ1) is 22.5. The van der Waals surface area contributed by atoms with Crippen molar-refractivity contribution in [2.24, 2.45) is 0 Å². The van der Waals surface area contributed by atoms with Gasteiger partial charge in [-0.15, -0.1) is 0 Å². The SMILES string of the molecule is Cc1nccn1-c1ccc(CNc2cnn(-c3ccc(C(F)(F)F)cn3)c(=O)c2Cl)cc1F. The number of pyridine rings is 1. The number of nitrogens with zero attached hydrogens (tertiary/aromatic N) is 5. The first-order valence-corrected chi connectivity index (χ1v) is 9.87. The number of hydrogen-bond donors (Lipinski definition) is 1. The van der Waals surface area contributed by atoms with Gasteiger partial charge in [-0.05, 0) is 36.8 Å². The van der Waals surface area contributed by atoms with Crippen LogP contribution in [0.4, 0.5) is 23.2 Å². The summed E-state index contributed by atoms with van der Waals surface area (Å²) in [4.78, 5) is 20.3. The van der Waals surface area contributed by atoms with Crippen molar-refractivity contribution in [1.82, 2.24) is 24.3 Å². The topological polar surface area (TPSA) is 77.6 Å². The lowest BCUT2D eigenvalue weighted by atomic mass is 10.2. The molecule has 12 heteroatoms. The van der Waals surface area contributed by atoms with Gasteiger partial charge in [0.15, 0.2) is 5.82 Å². The van der Waals surface area contributed by atoms with Crippen molar-refractivity contribution in [1.29, 1.82) is 0 Å². The fourth-order valence-electron chi connectivity index (χ4n) is 3.08. The summed E-state index contributed by atoms with van der Waals surface area (Å²) in [5.74, 6) is 0.0676. The van der Waals surface area contributed by atoms with Crippen molar-refractivity contribution in [3.05, 3.63) is 93.3 Å². The third kappa shape index (κ3) is 4.58. The number of nitrogens with one attached hydrogen (secondary N) is 1. The first-order chi connectivity index (χ1) is 15.6. The Morgan fingerprint density at radius 2 is 1.91 bits per heavy atom. The molecule has 4 aromatic rings. The molecule has 0 atom stereocenters. The van der Waals surface area contributed by atoms with E-state index in [2.05, 4.69) is 20.4 Å². The van der Waals surface area contributed by atoms with E-state index in [4.69, 9.17) is 11.6 Å². The number of aromatic nitrogens is 5. The van der Waals surface area contributed by atoms with Crippen LogP contribution < -0.4 is 10.9 Å². The number of hydrogen-bond acceptors (Lipinski definition) is 5. The molecule has 1 aromatic carbocycles. The average molecular weight is 479 g/mol. The van der Waals surface area contributed by atoms with E-state index in [9.17, 15) is 22.4 Å². The quantitative estimate of drug-likeness (QED) is 0.426. The van der Waals surface area contributed by atoms with Gasteiger partial charge in [-0.25, -0.2) is 14.4 Å². The number of rotatable bonds is 5. The summed E-state index contributed by atoms with van der Waals surface area (Å²) in [6.07, 6.45) is 0.513. The van der Waals surface area contributed by atoms with Crippen LogP contribution in [0.3, 0.4) is 0 Å². The van der Waals surface area contributed by atoms with Crippen molar-refractivity contribution in [2.45, 2.75) is 19.6 Å². The van der Waals surface area contributed by atoms with Crippen molar-refractivity contribution in [3.8, 4) is 11.5 Å². The van der Waals surface area contributed by atoms with E-state index < -0.39 is 23.1 Å². The van der Waals surface area contributed by atoms with Gasteiger partial charge in [0, 0.05) is 25.1 Å². The summed E-state index contributed by atoms with van der Waals surface area (Å²) in [7, 11) is 0. The lowest BCUT2D eigenvalue weighted by molar-refractivity contribution is -0.137. The minimum Gasteiger partial charge on any atom is -0.378 e. The van der Waals surface area contributed by atoms with Crippen LogP contribution in [0, 0.1) is 12.7 Å². The maximum Gasteiger partial charge on any atom is 0.417 e. The molecule has 4 rings (SSSR count). The van der Waals surface area contributed by atoms with Gasteiger partial charge in [0.2, 0.25) is 0 Å². The molecule has 0 radical (unpaired) electrons. The number of imidazole rings is 1. The first-order valence-electron chi connectivity index (χ1n) is 9.49. The molecule has 0 aliphatic heterocycles. The molecule has 0 unspecified atom stereocenters. The van der Waals surface area contributed by atoms with Gasteiger partial charge in [-0.3, -0.25) is 4.79 Å². The fourth-order valence-corrected chi connectivity index (χ4v) is 3.28. The van der Waals surface area contributed by atoms with Gasteiger partial charge < -0.3 is 9.88 Å².